The summed E-state index contributed by atoms with van der Waals surface area (Å²) in [7, 11) is 1.86. The molecule has 5 nitrogen and oxygen atoms in total. The number of amides is 1. The van der Waals surface area contributed by atoms with Crippen molar-refractivity contribution in [1.82, 2.24) is 15.5 Å². The van der Waals surface area contributed by atoms with Crippen LogP contribution in [-0.4, -0.2) is 63.3 Å². The first-order chi connectivity index (χ1) is 9.02. The highest BCUT2D eigenvalue weighted by molar-refractivity contribution is 5.85. The molecule has 1 aliphatic heterocycles. The van der Waals surface area contributed by atoms with Crippen molar-refractivity contribution < 1.29 is 9.53 Å². The zero-order valence-electron chi connectivity index (χ0n) is 13.6. The molecule has 2 N–H and O–H groups in total. The topological polar surface area (TPSA) is 53.6 Å². The Hall–Kier alpha value is -0.0700. The molecule has 7 heteroatoms. The number of nitrogens with one attached hydrogen (secondary N) is 2. The molecule has 0 aliphatic carbocycles. The van der Waals surface area contributed by atoms with E-state index in [0.717, 1.165) is 26.2 Å². The van der Waals surface area contributed by atoms with Gasteiger partial charge in [0, 0.05) is 38.6 Å². The lowest BCUT2D eigenvalue weighted by Gasteiger charge is -2.34. The van der Waals surface area contributed by atoms with E-state index >= 15 is 0 Å². The molecule has 1 amide bonds. The molecule has 0 spiro atoms. The summed E-state index contributed by atoms with van der Waals surface area (Å²) in [5, 5.41) is 5.99. The van der Waals surface area contributed by atoms with Crippen molar-refractivity contribution in [2.45, 2.75) is 26.9 Å². The first kappa shape index (κ1) is 23.2. The minimum absolute atomic E-state index is 0. The van der Waals surface area contributed by atoms with Crippen LogP contribution in [0.15, 0.2) is 0 Å². The predicted octanol–water partition coefficient (Wildman–Crippen LogP) is 1.16. The highest BCUT2D eigenvalue weighted by atomic mass is 35.5. The fraction of sp³-hybridized carbons (Fsp3) is 0.929. The quantitative estimate of drug-likeness (QED) is 0.728. The van der Waals surface area contributed by atoms with E-state index in [0.29, 0.717) is 19.0 Å². The summed E-state index contributed by atoms with van der Waals surface area (Å²) in [6.45, 7) is 11.5. The summed E-state index contributed by atoms with van der Waals surface area (Å²) in [6.07, 6.45) is 0.123. The molecule has 128 valence electrons. The van der Waals surface area contributed by atoms with Crippen molar-refractivity contribution in [3.05, 3.63) is 0 Å². The van der Waals surface area contributed by atoms with E-state index in [9.17, 15) is 4.79 Å². The Labute approximate surface area is 141 Å². The smallest absolute Gasteiger partial charge is 0.224 e. The monoisotopic (exact) mass is 343 g/mol. The summed E-state index contributed by atoms with van der Waals surface area (Å²) in [6, 6.07) is 0. The van der Waals surface area contributed by atoms with Crippen molar-refractivity contribution in [2.75, 3.05) is 46.4 Å². The Morgan fingerprint density at radius 3 is 2.57 bits per heavy atom. The van der Waals surface area contributed by atoms with Gasteiger partial charge in [0.15, 0.2) is 0 Å². The van der Waals surface area contributed by atoms with Crippen molar-refractivity contribution >= 4 is 30.7 Å². The fourth-order valence-electron chi connectivity index (χ4n) is 2.37. The van der Waals surface area contributed by atoms with Crippen LogP contribution in [0.2, 0.25) is 0 Å². The van der Waals surface area contributed by atoms with Crippen molar-refractivity contribution in [3.63, 3.8) is 0 Å². The summed E-state index contributed by atoms with van der Waals surface area (Å²) in [5.74, 6) is 0.767. The third kappa shape index (κ3) is 9.53. The molecule has 1 saturated heterocycles. The third-order valence-electron chi connectivity index (χ3n) is 3.31. The lowest BCUT2D eigenvalue weighted by molar-refractivity contribution is -0.125. The standard InChI is InChI=1S/C14H29N3O2.2ClH/c1-11(2)9-17-5-6-19-13(10-17)8-16-14(18)12(3)7-15-4;;/h11-13,15H,5-10H2,1-4H3,(H,16,18);2*1H. The van der Waals surface area contributed by atoms with Crippen molar-refractivity contribution in [2.24, 2.45) is 11.8 Å². The van der Waals surface area contributed by atoms with Crippen LogP contribution in [0.25, 0.3) is 0 Å². The molecule has 1 heterocycles. The molecule has 0 aromatic rings. The number of hydrogen-bond donors (Lipinski definition) is 2. The molecule has 1 aliphatic rings. The lowest BCUT2D eigenvalue weighted by atomic mass is 10.1. The van der Waals surface area contributed by atoms with Crippen molar-refractivity contribution in [3.8, 4) is 0 Å². The largest absolute Gasteiger partial charge is 0.374 e. The number of carbonyl (C=O) groups is 1. The Balaban J connectivity index is 0. The number of ether oxygens (including phenoxy) is 1. The Morgan fingerprint density at radius 2 is 2.00 bits per heavy atom. The fourth-order valence-corrected chi connectivity index (χ4v) is 2.37. The highest BCUT2D eigenvalue weighted by Gasteiger charge is 2.22. The van der Waals surface area contributed by atoms with Gasteiger partial charge < -0.3 is 15.4 Å². The maximum atomic E-state index is 11.8. The maximum absolute atomic E-state index is 11.8. The molecule has 0 saturated carbocycles. The van der Waals surface area contributed by atoms with Crippen molar-refractivity contribution in [1.29, 1.82) is 0 Å². The number of carbonyl (C=O) groups excluding carboxylic acids is 1. The van der Waals surface area contributed by atoms with Gasteiger partial charge in [-0.15, -0.1) is 24.8 Å². The second-order valence-electron chi connectivity index (χ2n) is 5.85. The first-order valence-corrected chi connectivity index (χ1v) is 7.29. The third-order valence-corrected chi connectivity index (χ3v) is 3.31. The van der Waals surface area contributed by atoms with Crippen LogP contribution in [0.5, 0.6) is 0 Å². The molecule has 0 aromatic heterocycles. The number of nitrogens with zero attached hydrogens (tertiary/aromatic N) is 1. The van der Waals surface area contributed by atoms with Crippen LogP contribution in [0.1, 0.15) is 20.8 Å². The van der Waals surface area contributed by atoms with Crippen LogP contribution in [0.3, 0.4) is 0 Å². The van der Waals surface area contributed by atoms with Gasteiger partial charge in [0.25, 0.3) is 0 Å². The summed E-state index contributed by atoms with van der Waals surface area (Å²) in [5.41, 5.74) is 0. The minimum atomic E-state index is 0. The summed E-state index contributed by atoms with van der Waals surface area (Å²) < 4.78 is 5.71. The second kappa shape index (κ2) is 12.5. The number of rotatable bonds is 7. The van der Waals surface area contributed by atoms with Gasteiger partial charge in [-0.2, -0.15) is 0 Å². The van der Waals surface area contributed by atoms with Crippen LogP contribution < -0.4 is 10.6 Å². The molecule has 0 aromatic carbocycles. The average Bonchev–Trinajstić information content (AvgIpc) is 2.36. The normalized spacial score (nSPS) is 20.3. The lowest BCUT2D eigenvalue weighted by Crippen LogP contribution is -2.49. The van der Waals surface area contributed by atoms with E-state index in [1.807, 2.05) is 14.0 Å². The zero-order valence-corrected chi connectivity index (χ0v) is 15.2. The van der Waals surface area contributed by atoms with Gasteiger partial charge in [-0.1, -0.05) is 20.8 Å². The molecular weight excluding hydrogens is 313 g/mol. The Morgan fingerprint density at radius 1 is 1.33 bits per heavy atom. The van der Waals surface area contributed by atoms with E-state index in [1.165, 1.54) is 0 Å². The number of morpholine rings is 1. The Kier molecular flexibility index (Phi) is 13.8. The molecule has 2 unspecified atom stereocenters. The molecule has 21 heavy (non-hydrogen) atoms. The van der Waals surface area contributed by atoms with Gasteiger partial charge in [-0.05, 0) is 13.0 Å². The predicted molar refractivity (Wildman–Crippen MR) is 91.6 cm³/mol. The summed E-state index contributed by atoms with van der Waals surface area (Å²) >= 11 is 0. The number of hydrogen-bond acceptors (Lipinski definition) is 4. The molecule has 0 bridgehead atoms. The van der Waals surface area contributed by atoms with E-state index in [4.69, 9.17) is 4.74 Å². The Bertz CT molecular complexity index is 281. The summed E-state index contributed by atoms with van der Waals surface area (Å²) in [4.78, 5) is 14.2. The average molecular weight is 344 g/mol. The van der Waals surface area contributed by atoms with Crippen LogP contribution >= 0.6 is 24.8 Å². The second-order valence-corrected chi connectivity index (χ2v) is 5.85. The van der Waals surface area contributed by atoms with Gasteiger partial charge in [-0.3, -0.25) is 9.69 Å². The first-order valence-electron chi connectivity index (χ1n) is 7.29. The molecule has 0 radical (unpaired) electrons. The van der Waals surface area contributed by atoms with Gasteiger partial charge >= 0.3 is 0 Å². The number of halogens is 2. The molecule has 1 rings (SSSR count). The zero-order chi connectivity index (χ0) is 14.3. The van der Waals surface area contributed by atoms with E-state index in [-0.39, 0.29) is 42.7 Å². The van der Waals surface area contributed by atoms with E-state index in [1.54, 1.807) is 0 Å². The molecule has 1 fully saturated rings. The van der Waals surface area contributed by atoms with Gasteiger partial charge in [0.05, 0.1) is 12.7 Å². The van der Waals surface area contributed by atoms with Gasteiger partial charge in [0.1, 0.15) is 0 Å². The van der Waals surface area contributed by atoms with Crippen LogP contribution in [0.4, 0.5) is 0 Å². The molecule has 2 atom stereocenters. The SMILES string of the molecule is CNCC(C)C(=O)NCC1CN(CC(C)C)CCO1.Cl.Cl. The molecular formula is C14H31Cl2N3O2. The van der Waals surface area contributed by atoms with Gasteiger partial charge in [-0.25, -0.2) is 0 Å². The highest BCUT2D eigenvalue weighted by Crippen LogP contribution is 2.07. The van der Waals surface area contributed by atoms with Crippen LogP contribution in [-0.2, 0) is 9.53 Å². The van der Waals surface area contributed by atoms with E-state index < -0.39 is 0 Å². The minimum Gasteiger partial charge on any atom is -0.374 e. The van der Waals surface area contributed by atoms with Crippen LogP contribution in [0, 0.1) is 11.8 Å². The van der Waals surface area contributed by atoms with E-state index in [2.05, 4.69) is 29.4 Å². The maximum Gasteiger partial charge on any atom is 0.224 e. The van der Waals surface area contributed by atoms with Gasteiger partial charge in [0.2, 0.25) is 5.91 Å².